The lowest BCUT2D eigenvalue weighted by molar-refractivity contribution is -0.274. The number of carbonyl (C=O) groups is 1. The van der Waals surface area contributed by atoms with Gasteiger partial charge in [-0.25, -0.2) is 9.78 Å². The first kappa shape index (κ1) is 30.5. The molecule has 1 N–H and O–H groups in total. The normalized spacial score (nSPS) is 14.0. The second-order valence-electron chi connectivity index (χ2n) is 10.1. The molecule has 0 radical (unpaired) electrons. The van der Waals surface area contributed by atoms with Crippen LogP contribution in [0.2, 0.25) is 0 Å². The van der Waals surface area contributed by atoms with Crippen LogP contribution < -0.4 is 10.1 Å². The molecular weight excluding hydrogens is 577 g/mol. The Morgan fingerprint density at radius 3 is 2.19 bits per heavy atom. The van der Waals surface area contributed by atoms with Crippen molar-refractivity contribution in [3.8, 4) is 17.0 Å². The lowest BCUT2D eigenvalue weighted by atomic mass is 9.88. The van der Waals surface area contributed by atoms with Crippen LogP contribution in [0.3, 0.4) is 0 Å². The molecule has 43 heavy (non-hydrogen) atoms. The molecule has 7 nitrogen and oxygen atoms in total. The summed E-state index contributed by atoms with van der Waals surface area (Å²) in [5.74, 6) is -0.183. The van der Waals surface area contributed by atoms with Crippen LogP contribution in [0.1, 0.15) is 23.5 Å². The van der Waals surface area contributed by atoms with Gasteiger partial charge in [0.05, 0.1) is 18.9 Å². The number of urea groups is 1. The average molecular weight is 611 g/mol. The van der Waals surface area contributed by atoms with Crippen molar-refractivity contribution in [3.05, 3.63) is 101 Å². The van der Waals surface area contributed by atoms with E-state index in [1.165, 1.54) is 46.7 Å². The van der Waals surface area contributed by atoms with E-state index >= 15 is 0 Å². The molecule has 2 heterocycles. The summed E-state index contributed by atoms with van der Waals surface area (Å²) in [5, 5.41) is 5.11. The van der Waals surface area contributed by atoms with Crippen LogP contribution in [0.15, 0.2) is 90.3 Å². The Kier molecular flexibility index (Phi) is 10.3. The van der Waals surface area contributed by atoms with Crippen molar-refractivity contribution in [3.63, 3.8) is 0 Å². The van der Waals surface area contributed by atoms with Crippen molar-refractivity contribution >= 4 is 22.5 Å². The molecule has 1 saturated heterocycles. The molecule has 0 bridgehead atoms. The average Bonchev–Trinajstić information content (AvgIpc) is 3.48. The molecule has 1 aliphatic heterocycles. The monoisotopic (exact) mass is 610 g/mol. The number of hydrogen-bond donors (Lipinski definition) is 1. The van der Waals surface area contributed by atoms with Gasteiger partial charge in [0, 0.05) is 49.6 Å². The number of benzene rings is 3. The summed E-state index contributed by atoms with van der Waals surface area (Å²) in [6, 6.07) is 25.9. The Morgan fingerprint density at radius 2 is 1.58 bits per heavy atom. The Bertz CT molecular complexity index is 1390. The topological polar surface area (TPSA) is 66.9 Å². The molecule has 11 heteroatoms. The number of ether oxygens (including phenoxy) is 2. The zero-order valence-electron chi connectivity index (χ0n) is 23.5. The van der Waals surface area contributed by atoms with Crippen molar-refractivity contribution in [1.82, 2.24) is 14.8 Å². The maximum Gasteiger partial charge on any atom is 0.573 e. The van der Waals surface area contributed by atoms with Crippen LogP contribution in [0.4, 0.5) is 23.1 Å². The smallest absolute Gasteiger partial charge is 0.406 e. The van der Waals surface area contributed by atoms with Crippen LogP contribution in [0.5, 0.6) is 5.75 Å². The van der Waals surface area contributed by atoms with Crippen molar-refractivity contribution in [1.29, 1.82) is 0 Å². The number of nitrogens with one attached hydrogen (secondary N) is 1. The van der Waals surface area contributed by atoms with Gasteiger partial charge in [-0.2, -0.15) is 0 Å². The molecule has 0 aliphatic carbocycles. The molecule has 3 aromatic carbocycles. The van der Waals surface area contributed by atoms with E-state index in [2.05, 4.69) is 44.2 Å². The first-order chi connectivity index (χ1) is 20.8. The largest absolute Gasteiger partial charge is 0.573 e. The number of alkyl halides is 3. The molecule has 226 valence electrons. The maximum absolute atomic E-state index is 13.6. The SMILES string of the molecule is O=C(Nc1nc(-c2ccc(OC(F)(F)F)cc2)cs1)N(CCC(c1ccccc1)c1ccccc1)CCN1CCOCC1. The van der Waals surface area contributed by atoms with Gasteiger partial charge >= 0.3 is 12.4 Å². The Hall–Kier alpha value is -3.93. The minimum atomic E-state index is -4.75. The minimum Gasteiger partial charge on any atom is -0.406 e. The second-order valence-corrected chi connectivity index (χ2v) is 11.0. The predicted octanol–water partition coefficient (Wildman–Crippen LogP) is 7.10. The summed E-state index contributed by atoms with van der Waals surface area (Å²) in [6.45, 7) is 4.82. The summed E-state index contributed by atoms with van der Waals surface area (Å²) in [7, 11) is 0. The molecule has 1 aromatic heterocycles. The van der Waals surface area contributed by atoms with E-state index in [0.29, 0.717) is 42.7 Å². The fourth-order valence-electron chi connectivity index (χ4n) is 5.04. The van der Waals surface area contributed by atoms with Gasteiger partial charge in [0.25, 0.3) is 0 Å². The van der Waals surface area contributed by atoms with Gasteiger partial charge in [-0.3, -0.25) is 10.2 Å². The number of thiazole rings is 1. The summed E-state index contributed by atoms with van der Waals surface area (Å²) in [6.07, 6.45) is -4.02. The summed E-state index contributed by atoms with van der Waals surface area (Å²) < 4.78 is 46.9. The molecule has 2 amide bonds. The van der Waals surface area contributed by atoms with E-state index < -0.39 is 6.36 Å². The van der Waals surface area contributed by atoms with Gasteiger partial charge in [0.2, 0.25) is 0 Å². The zero-order chi connectivity index (χ0) is 30.1. The Morgan fingerprint density at radius 1 is 0.953 bits per heavy atom. The summed E-state index contributed by atoms with van der Waals surface area (Å²) in [4.78, 5) is 22.3. The van der Waals surface area contributed by atoms with Gasteiger partial charge in [0.1, 0.15) is 5.75 Å². The number of aromatic nitrogens is 1. The Labute approximate surface area is 252 Å². The molecule has 0 atom stereocenters. The molecule has 0 spiro atoms. The maximum atomic E-state index is 13.6. The van der Waals surface area contributed by atoms with Gasteiger partial charge in [-0.05, 0) is 41.8 Å². The van der Waals surface area contributed by atoms with E-state index in [1.807, 2.05) is 41.3 Å². The Balaban J connectivity index is 1.28. The van der Waals surface area contributed by atoms with Crippen LogP contribution in [-0.2, 0) is 4.74 Å². The van der Waals surface area contributed by atoms with Crippen LogP contribution in [0.25, 0.3) is 11.3 Å². The molecular formula is C32H33F3N4O3S. The third-order valence-corrected chi connectivity index (χ3v) is 8.03. The molecule has 4 aromatic rings. The van der Waals surface area contributed by atoms with Crippen LogP contribution >= 0.6 is 11.3 Å². The number of anilines is 1. The first-order valence-electron chi connectivity index (χ1n) is 14.1. The van der Waals surface area contributed by atoms with Crippen LogP contribution in [-0.4, -0.2) is 73.1 Å². The van der Waals surface area contributed by atoms with Crippen molar-refractivity contribution < 1.29 is 27.4 Å². The fraction of sp³-hybridized carbons (Fsp3) is 0.312. The standard InChI is InChI=1S/C32H33F3N4O3S/c33-32(34,35)42-27-13-11-26(12-14-27)29-23-43-30(36-29)37-31(40)39(18-17-38-19-21-41-22-20-38)16-15-28(24-7-3-1-4-8-24)25-9-5-2-6-10-25/h1-14,23,28H,15-22H2,(H,36,37,40). The van der Waals surface area contributed by atoms with Crippen molar-refractivity contribution in [2.45, 2.75) is 18.7 Å². The highest BCUT2D eigenvalue weighted by Gasteiger charge is 2.31. The van der Waals surface area contributed by atoms with Crippen molar-refractivity contribution in [2.75, 3.05) is 51.3 Å². The fourth-order valence-corrected chi connectivity index (χ4v) is 5.75. The number of hydrogen-bond acceptors (Lipinski definition) is 6. The third kappa shape index (κ3) is 9.03. The van der Waals surface area contributed by atoms with Gasteiger partial charge in [-0.1, -0.05) is 60.7 Å². The van der Waals surface area contributed by atoms with E-state index in [1.54, 1.807) is 5.38 Å². The highest BCUT2D eigenvalue weighted by molar-refractivity contribution is 7.14. The number of amides is 2. The number of nitrogens with zero attached hydrogens (tertiary/aromatic N) is 3. The molecule has 1 fully saturated rings. The van der Waals surface area contributed by atoms with E-state index in [4.69, 9.17) is 4.74 Å². The van der Waals surface area contributed by atoms with E-state index in [-0.39, 0.29) is 17.7 Å². The number of carbonyl (C=O) groups excluding carboxylic acids is 1. The van der Waals surface area contributed by atoms with Gasteiger partial charge < -0.3 is 14.4 Å². The number of halogens is 3. The summed E-state index contributed by atoms with van der Waals surface area (Å²) >= 11 is 1.26. The van der Waals surface area contributed by atoms with E-state index in [9.17, 15) is 18.0 Å². The van der Waals surface area contributed by atoms with Gasteiger partial charge in [0.15, 0.2) is 5.13 Å². The molecule has 1 aliphatic rings. The zero-order valence-corrected chi connectivity index (χ0v) is 24.3. The van der Waals surface area contributed by atoms with Gasteiger partial charge in [-0.15, -0.1) is 24.5 Å². The lowest BCUT2D eigenvalue weighted by Gasteiger charge is -2.31. The molecule has 0 saturated carbocycles. The van der Waals surface area contributed by atoms with Crippen molar-refractivity contribution in [2.24, 2.45) is 0 Å². The first-order valence-corrected chi connectivity index (χ1v) is 15.0. The predicted molar refractivity (Wildman–Crippen MR) is 161 cm³/mol. The third-order valence-electron chi connectivity index (χ3n) is 7.27. The number of rotatable bonds is 11. The highest BCUT2D eigenvalue weighted by Crippen LogP contribution is 2.30. The van der Waals surface area contributed by atoms with E-state index in [0.717, 1.165) is 26.1 Å². The second kappa shape index (κ2) is 14.5. The van der Waals surface area contributed by atoms with Crippen LogP contribution in [0, 0.1) is 0 Å². The highest BCUT2D eigenvalue weighted by atomic mass is 32.1. The molecule has 5 rings (SSSR count). The number of morpholine rings is 1. The lowest BCUT2D eigenvalue weighted by Crippen LogP contribution is -2.44. The molecule has 0 unspecified atom stereocenters. The minimum absolute atomic E-state index is 0.122. The summed E-state index contributed by atoms with van der Waals surface area (Å²) in [5.41, 5.74) is 3.55. The quantitative estimate of drug-likeness (QED) is 0.196.